The average Bonchev–Trinajstić information content (AvgIpc) is 2.93. The number of methoxy groups -OCH3 is 2. The minimum absolute atomic E-state index is 0.114. The number of carbonyl (C=O) groups is 1. The van der Waals surface area contributed by atoms with Gasteiger partial charge in [-0.15, -0.1) is 0 Å². The van der Waals surface area contributed by atoms with Gasteiger partial charge in [0.15, 0.2) is 11.5 Å². The van der Waals surface area contributed by atoms with Crippen LogP contribution < -0.4 is 23.7 Å². The molecule has 2 aromatic carbocycles. The van der Waals surface area contributed by atoms with Gasteiger partial charge in [-0.3, -0.25) is 4.79 Å². The normalized spacial score (nSPS) is 22.8. The number of hydrogen-bond donors (Lipinski definition) is 1. The van der Waals surface area contributed by atoms with Gasteiger partial charge in [-0.1, -0.05) is 12.8 Å². The molecule has 0 aromatic heterocycles. The summed E-state index contributed by atoms with van der Waals surface area (Å²) in [7, 11) is 3.23. The third-order valence-corrected chi connectivity index (χ3v) is 7.74. The Morgan fingerprint density at radius 3 is 2.21 bits per heavy atom. The van der Waals surface area contributed by atoms with Crippen LogP contribution in [0.5, 0.6) is 28.7 Å². The molecule has 1 aliphatic carbocycles. The molecule has 1 amide bonds. The van der Waals surface area contributed by atoms with Gasteiger partial charge in [0.25, 0.3) is 5.91 Å². The first kappa shape index (κ1) is 27.9. The third kappa shape index (κ3) is 5.37. The summed E-state index contributed by atoms with van der Waals surface area (Å²) >= 11 is 0. The zero-order chi connectivity index (χ0) is 27.3. The predicted molar refractivity (Wildman–Crippen MR) is 145 cm³/mol. The van der Waals surface area contributed by atoms with Crippen molar-refractivity contribution in [2.45, 2.75) is 64.5 Å². The van der Waals surface area contributed by atoms with Crippen LogP contribution in [0.1, 0.15) is 74.8 Å². The van der Waals surface area contributed by atoms with Crippen molar-refractivity contribution >= 4 is 5.91 Å². The summed E-state index contributed by atoms with van der Waals surface area (Å²) in [6.07, 6.45) is 4.10. The van der Waals surface area contributed by atoms with E-state index in [0.29, 0.717) is 67.1 Å². The number of rotatable bonds is 10. The van der Waals surface area contributed by atoms with Crippen LogP contribution >= 0.6 is 0 Å². The van der Waals surface area contributed by atoms with Crippen LogP contribution in [0.25, 0.3) is 0 Å². The van der Waals surface area contributed by atoms with Crippen molar-refractivity contribution in [2.75, 3.05) is 40.6 Å². The van der Waals surface area contributed by atoms with Crippen LogP contribution in [-0.2, 0) is 0 Å². The molecule has 4 rings (SSSR count). The number of aliphatic hydroxyl groups is 1. The molecule has 2 aromatic rings. The number of fused-ring (bicyclic) bond motifs is 1. The molecule has 3 atom stereocenters. The first-order valence-corrected chi connectivity index (χ1v) is 13.7. The topological polar surface area (TPSA) is 86.7 Å². The minimum Gasteiger partial charge on any atom is -0.497 e. The van der Waals surface area contributed by atoms with Crippen molar-refractivity contribution in [3.63, 3.8) is 0 Å². The van der Waals surface area contributed by atoms with E-state index in [1.807, 2.05) is 43.9 Å². The Labute approximate surface area is 225 Å². The molecular formula is C30H41NO7. The van der Waals surface area contributed by atoms with Gasteiger partial charge >= 0.3 is 0 Å². The van der Waals surface area contributed by atoms with E-state index in [2.05, 4.69) is 0 Å². The summed E-state index contributed by atoms with van der Waals surface area (Å²) in [6, 6.07) is 8.80. The quantitative estimate of drug-likeness (QED) is 0.442. The van der Waals surface area contributed by atoms with Crippen molar-refractivity contribution in [2.24, 2.45) is 5.92 Å². The molecule has 0 radical (unpaired) electrons. The summed E-state index contributed by atoms with van der Waals surface area (Å²) in [4.78, 5) is 16.2. The Bertz CT molecular complexity index is 1090. The number of nitrogens with zero attached hydrogens (tertiary/aromatic N) is 1. The SMILES string of the molecule is CCOc1cc(C(=O)N2CC[C@]3(O)CCCC[C@H]3[C@@H]2c2ccc(OC)cc2OC)cc(OCC)c1OCC. The molecule has 208 valence electrons. The highest BCUT2D eigenvalue weighted by atomic mass is 16.5. The van der Waals surface area contributed by atoms with Crippen LogP contribution in [0.3, 0.4) is 0 Å². The summed E-state index contributed by atoms with van der Waals surface area (Å²) < 4.78 is 28.8. The van der Waals surface area contributed by atoms with E-state index in [1.165, 1.54) is 0 Å². The van der Waals surface area contributed by atoms with Crippen molar-refractivity contribution in [1.29, 1.82) is 0 Å². The molecule has 1 N–H and O–H groups in total. The molecule has 1 saturated heterocycles. The second kappa shape index (κ2) is 12.2. The number of ether oxygens (including phenoxy) is 5. The lowest BCUT2D eigenvalue weighted by Crippen LogP contribution is -2.56. The van der Waals surface area contributed by atoms with E-state index in [9.17, 15) is 9.90 Å². The fraction of sp³-hybridized carbons (Fsp3) is 0.567. The molecule has 2 fully saturated rings. The zero-order valence-electron chi connectivity index (χ0n) is 23.2. The molecule has 0 bridgehead atoms. The van der Waals surface area contributed by atoms with E-state index < -0.39 is 5.60 Å². The van der Waals surface area contributed by atoms with Gasteiger partial charge in [0.1, 0.15) is 11.5 Å². The van der Waals surface area contributed by atoms with E-state index in [4.69, 9.17) is 23.7 Å². The standard InChI is InChI=1S/C30H41NO7/c1-6-36-25-17-20(18-26(37-7-2)28(25)38-8-3)29(32)31-16-15-30(33)14-10-9-11-23(30)27(31)22-13-12-21(34-4)19-24(22)35-5/h12-13,17-19,23,27,33H,6-11,14-16H2,1-5H3/t23-,27-,30+/m0/s1. The maximum atomic E-state index is 14.3. The number of piperidine rings is 1. The Morgan fingerprint density at radius 2 is 1.61 bits per heavy atom. The Hall–Kier alpha value is -3.13. The van der Waals surface area contributed by atoms with Crippen LogP contribution in [0.4, 0.5) is 0 Å². The fourth-order valence-electron chi connectivity index (χ4n) is 6.04. The number of benzene rings is 2. The maximum Gasteiger partial charge on any atom is 0.254 e. The number of hydrogen-bond acceptors (Lipinski definition) is 7. The molecule has 1 heterocycles. The van der Waals surface area contributed by atoms with Crippen LogP contribution in [0.2, 0.25) is 0 Å². The number of carbonyl (C=O) groups excluding carboxylic acids is 1. The Kier molecular flexibility index (Phi) is 8.92. The van der Waals surface area contributed by atoms with Crippen molar-refractivity contribution in [1.82, 2.24) is 4.90 Å². The fourth-order valence-corrected chi connectivity index (χ4v) is 6.04. The van der Waals surface area contributed by atoms with Gasteiger partial charge in [-0.2, -0.15) is 0 Å². The van der Waals surface area contributed by atoms with E-state index in [-0.39, 0.29) is 17.9 Å². The highest BCUT2D eigenvalue weighted by Gasteiger charge is 2.51. The zero-order valence-corrected chi connectivity index (χ0v) is 23.2. The molecule has 2 aliphatic rings. The molecule has 1 saturated carbocycles. The molecule has 8 nitrogen and oxygen atoms in total. The van der Waals surface area contributed by atoms with Crippen LogP contribution in [-0.4, -0.2) is 62.1 Å². The number of amides is 1. The smallest absolute Gasteiger partial charge is 0.254 e. The average molecular weight is 528 g/mol. The number of likely N-dealkylation sites (tertiary alicyclic amines) is 1. The first-order chi connectivity index (χ1) is 18.4. The molecule has 0 spiro atoms. The first-order valence-electron chi connectivity index (χ1n) is 13.7. The van der Waals surface area contributed by atoms with Crippen molar-refractivity contribution < 1.29 is 33.6 Å². The lowest BCUT2D eigenvalue weighted by molar-refractivity contribution is -0.115. The highest BCUT2D eigenvalue weighted by Crippen LogP contribution is 2.52. The Balaban J connectivity index is 1.82. The second-order valence-electron chi connectivity index (χ2n) is 9.86. The third-order valence-electron chi connectivity index (χ3n) is 7.74. The van der Waals surface area contributed by atoms with E-state index >= 15 is 0 Å². The van der Waals surface area contributed by atoms with Gasteiger partial charge in [-0.05, 0) is 64.3 Å². The van der Waals surface area contributed by atoms with Crippen LogP contribution in [0.15, 0.2) is 30.3 Å². The van der Waals surface area contributed by atoms with Crippen molar-refractivity contribution in [3.8, 4) is 28.7 Å². The summed E-state index contributed by atoms with van der Waals surface area (Å²) in [5, 5.41) is 11.7. The summed E-state index contributed by atoms with van der Waals surface area (Å²) in [6.45, 7) is 7.40. The molecular weight excluding hydrogens is 486 g/mol. The van der Waals surface area contributed by atoms with Gasteiger partial charge in [0.05, 0.1) is 45.7 Å². The lowest BCUT2D eigenvalue weighted by Gasteiger charge is -2.52. The van der Waals surface area contributed by atoms with E-state index in [1.54, 1.807) is 26.4 Å². The van der Waals surface area contributed by atoms with Gasteiger partial charge in [0.2, 0.25) is 5.75 Å². The maximum absolute atomic E-state index is 14.3. The summed E-state index contributed by atoms with van der Waals surface area (Å²) in [5.41, 5.74) is 0.503. The Morgan fingerprint density at radius 1 is 0.921 bits per heavy atom. The van der Waals surface area contributed by atoms with Gasteiger partial charge in [0, 0.05) is 29.7 Å². The van der Waals surface area contributed by atoms with Crippen LogP contribution in [0, 0.1) is 5.92 Å². The monoisotopic (exact) mass is 527 g/mol. The van der Waals surface area contributed by atoms with Crippen molar-refractivity contribution in [3.05, 3.63) is 41.5 Å². The van der Waals surface area contributed by atoms with Gasteiger partial charge < -0.3 is 33.7 Å². The van der Waals surface area contributed by atoms with Gasteiger partial charge in [-0.25, -0.2) is 0 Å². The molecule has 38 heavy (non-hydrogen) atoms. The molecule has 0 unspecified atom stereocenters. The largest absolute Gasteiger partial charge is 0.497 e. The molecule has 8 heteroatoms. The predicted octanol–water partition coefficient (Wildman–Crippen LogP) is 5.41. The lowest BCUT2D eigenvalue weighted by atomic mass is 9.66. The minimum atomic E-state index is -0.823. The highest BCUT2D eigenvalue weighted by molar-refractivity contribution is 5.96. The molecule has 1 aliphatic heterocycles. The van der Waals surface area contributed by atoms with E-state index in [0.717, 1.165) is 31.2 Å². The second-order valence-corrected chi connectivity index (χ2v) is 9.86. The summed E-state index contributed by atoms with van der Waals surface area (Å²) in [5.74, 6) is 2.51.